The zero-order valence-corrected chi connectivity index (χ0v) is 17.2. The Labute approximate surface area is 180 Å². The zero-order valence-electron chi connectivity index (χ0n) is 17.2. The highest BCUT2D eigenvalue weighted by Gasteiger charge is 2.22. The first-order valence-electron chi connectivity index (χ1n) is 9.70. The van der Waals surface area contributed by atoms with E-state index in [0.717, 1.165) is 5.56 Å². The van der Waals surface area contributed by atoms with E-state index >= 15 is 0 Å². The molecule has 5 N–H and O–H groups in total. The number of ketones is 1. The number of hydrazone groups is 1. The van der Waals surface area contributed by atoms with Gasteiger partial charge in [0, 0.05) is 30.1 Å². The Bertz CT molecular complexity index is 904. The van der Waals surface area contributed by atoms with Gasteiger partial charge in [0.15, 0.2) is 5.78 Å². The summed E-state index contributed by atoms with van der Waals surface area (Å²) in [5.74, 6) is 3.89. The van der Waals surface area contributed by atoms with Gasteiger partial charge >= 0.3 is 5.97 Å². The van der Waals surface area contributed by atoms with Crippen LogP contribution in [0.4, 0.5) is 5.69 Å². The average Bonchev–Trinajstić information content (AvgIpc) is 2.78. The van der Waals surface area contributed by atoms with E-state index in [9.17, 15) is 14.4 Å². The van der Waals surface area contributed by atoms with Crippen LogP contribution in [0.2, 0.25) is 0 Å². The molecule has 1 unspecified atom stereocenters. The molecule has 1 amide bonds. The fourth-order valence-corrected chi connectivity index (χ4v) is 2.72. The highest BCUT2D eigenvalue weighted by atomic mass is 16.5. The van der Waals surface area contributed by atoms with Gasteiger partial charge < -0.3 is 26.5 Å². The number of aromatic nitrogens is 1. The number of ether oxygens (including phenoxy) is 1. The maximum Gasteiger partial charge on any atom is 0.328 e. The largest absolute Gasteiger partial charge is 0.464 e. The van der Waals surface area contributed by atoms with E-state index in [-0.39, 0.29) is 31.9 Å². The molecule has 1 atom stereocenters. The number of nitrogens with zero attached hydrogens (tertiary/aromatic N) is 2. The van der Waals surface area contributed by atoms with Crippen LogP contribution in [0, 0.1) is 0 Å². The van der Waals surface area contributed by atoms with Crippen molar-refractivity contribution in [3.05, 3.63) is 59.9 Å². The number of benzene rings is 1. The number of pyridine rings is 1. The van der Waals surface area contributed by atoms with Crippen molar-refractivity contribution in [2.75, 3.05) is 25.0 Å². The van der Waals surface area contributed by atoms with Crippen LogP contribution in [0.5, 0.6) is 0 Å². The highest BCUT2D eigenvalue weighted by Crippen LogP contribution is 2.10. The first-order chi connectivity index (χ1) is 15.0. The number of hydrogen-bond donors (Lipinski definition) is 4. The minimum Gasteiger partial charge on any atom is -0.464 e. The van der Waals surface area contributed by atoms with E-state index in [0.29, 0.717) is 11.3 Å². The van der Waals surface area contributed by atoms with Crippen molar-refractivity contribution in [1.82, 2.24) is 15.6 Å². The number of nitrogens with one attached hydrogen (secondary N) is 3. The summed E-state index contributed by atoms with van der Waals surface area (Å²) in [7, 11) is 0. The molecular weight excluding hydrogens is 400 g/mol. The molecule has 10 nitrogen and oxygen atoms in total. The molecule has 0 saturated heterocycles. The number of rotatable bonds is 12. The molecule has 0 radical (unpaired) electrons. The number of nitrogens with two attached hydrogens (primary N) is 1. The Hall–Kier alpha value is -3.79. The lowest BCUT2D eigenvalue weighted by molar-refractivity contribution is -0.147. The van der Waals surface area contributed by atoms with Gasteiger partial charge in [0.2, 0.25) is 5.91 Å². The third-order valence-electron chi connectivity index (χ3n) is 4.13. The molecule has 0 spiro atoms. The predicted molar refractivity (Wildman–Crippen MR) is 116 cm³/mol. The van der Waals surface area contributed by atoms with Crippen molar-refractivity contribution in [1.29, 1.82) is 0 Å². The van der Waals surface area contributed by atoms with Crippen LogP contribution in [-0.2, 0) is 20.7 Å². The molecule has 0 saturated carbocycles. The summed E-state index contributed by atoms with van der Waals surface area (Å²) in [5.41, 5.74) is 1.91. The number of carbonyl (C=O) groups is 3. The van der Waals surface area contributed by atoms with Crippen molar-refractivity contribution >= 4 is 29.7 Å². The molecule has 0 fully saturated rings. The van der Waals surface area contributed by atoms with Crippen LogP contribution < -0.4 is 21.8 Å². The topological polar surface area (TPSA) is 148 Å². The smallest absolute Gasteiger partial charge is 0.328 e. The molecule has 2 aromatic rings. The lowest BCUT2D eigenvalue weighted by atomic mass is 10.1. The van der Waals surface area contributed by atoms with Gasteiger partial charge in [-0.2, -0.15) is 5.10 Å². The first kappa shape index (κ1) is 23.5. The van der Waals surface area contributed by atoms with E-state index in [2.05, 4.69) is 26.0 Å². The SMILES string of the molecule is CCOC(=O)C(Cc1cccnc1)NC(=O)CNCC(=O)c1cccc(NC=NN)c1. The average molecular weight is 426 g/mol. The molecule has 0 aliphatic rings. The van der Waals surface area contributed by atoms with E-state index in [1.165, 1.54) is 6.34 Å². The van der Waals surface area contributed by atoms with E-state index in [4.69, 9.17) is 10.6 Å². The van der Waals surface area contributed by atoms with Crippen LogP contribution in [0.3, 0.4) is 0 Å². The van der Waals surface area contributed by atoms with Gasteiger partial charge in [-0.1, -0.05) is 18.2 Å². The van der Waals surface area contributed by atoms with E-state index < -0.39 is 17.9 Å². The summed E-state index contributed by atoms with van der Waals surface area (Å²) in [6.45, 7) is 1.72. The molecule has 31 heavy (non-hydrogen) atoms. The summed E-state index contributed by atoms with van der Waals surface area (Å²) in [6, 6.07) is 9.51. The first-order valence-corrected chi connectivity index (χ1v) is 9.70. The van der Waals surface area contributed by atoms with Crippen LogP contribution in [0.15, 0.2) is 53.9 Å². The third kappa shape index (κ3) is 8.23. The van der Waals surface area contributed by atoms with Gasteiger partial charge in [0.25, 0.3) is 0 Å². The van der Waals surface area contributed by atoms with E-state index in [1.807, 2.05) is 6.07 Å². The van der Waals surface area contributed by atoms with Gasteiger partial charge in [0.1, 0.15) is 12.4 Å². The van der Waals surface area contributed by atoms with Crippen molar-refractivity contribution in [3.8, 4) is 0 Å². The lowest BCUT2D eigenvalue weighted by Gasteiger charge is -2.17. The second-order valence-corrected chi connectivity index (χ2v) is 6.47. The number of amides is 1. The zero-order chi connectivity index (χ0) is 22.5. The summed E-state index contributed by atoms with van der Waals surface area (Å²) in [4.78, 5) is 40.9. The van der Waals surface area contributed by atoms with Crippen molar-refractivity contribution < 1.29 is 19.1 Å². The number of hydrogen-bond acceptors (Lipinski definition) is 8. The van der Waals surface area contributed by atoms with Crippen LogP contribution in [0.1, 0.15) is 22.8 Å². The minimum absolute atomic E-state index is 0.0471. The maximum atomic E-state index is 12.3. The molecular formula is C21H26N6O4. The molecule has 0 aliphatic carbocycles. The molecule has 10 heteroatoms. The highest BCUT2D eigenvalue weighted by molar-refractivity contribution is 5.99. The monoisotopic (exact) mass is 426 g/mol. The Morgan fingerprint density at radius 1 is 1.23 bits per heavy atom. The molecule has 1 aromatic carbocycles. The molecule has 1 heterocycles. The van der Waals surface area contributed by atoms with Crippen molar-refractivity contribution in [2.45, 2.75) is 19.4 Å². The fraction of sp³-hybridized carbons (Fsp3) is 0.286. The molecule has 164 valence electrons. The Kier molecular flexibility index (Phi) is 9.63. The summed E-state index contributed by atoms with van der Waals surface area (Å²) in [6.07, 6.45) is 4.80. The van der Waals surface area contributed by atoms with Gasteiger partial charge in [-0.05, 0) is 30.7 Å². The second kappa shape index (κ2) is 12.7. The van der Waals surface area contributed by atoms with Gasteiger partial charge in [-0.25, -0.2) is 4.79 Å². The minimum atomic E-state index is -0.846. The lowest BCUT2D eigenvalue weighted by Crippen LogP contribution is -2.47. The quantitative estimate of drug-likeness (QED) is 0.0955. The third-order valence-corrected chi connectivity index (χ3v) is 4.13. The van der Waals surface area contributed by atoms with Crippen molar-refractivity contribution in [3.63, 3.8) is 0 Å². The normalized spacial score (nSPS) is 11.6. The van der Waals surface area contributed by atoms with Crippen molar-refractivity contribution in [2.24, 2.45) is 10.9 Å². The number of anilines is 1. The van der Waals surface area contributed by atoms with Gasteiger partial charge in [-0.15, -0.1) is 0 Å². The van der Waals surface area contributed by atoms with Crippen LogP contribution >= 0.6 is 0 Å². The molecule has 2 rings (SSSR count). The Balaban J connectivity index is 1.87. The van der Waals surface area contributed by atoms with Gasteiger partial charge in [0.05, 0.1) is 19.7 Å². The molecule has 0 bridgehead atoms. The summed E-state index contributed by atoms with van der Waals surface area (Å²) in [5, 5.41) is 11.6. The predicted octanol–water partition coefficient (Wildman–Crippen LogP) is 0.458. The maximum absolute atomic E-state index is 12.3. The number of Topliss-reactive ketones (excluding diaryl/α,β-unsaturated/α-hetero) is 1. The summed E-state index contributed by atoms with van der Waals surface area (Å²) >= 11 is 0. The van der Waals surface area contributed by atoms with Crippen LogP contribution in [-0.4, -0.2) is 54.7 Å². The second-order valence-electron chi connectivity index (χ2n) is 6.47. The standard InChI is InChI=1S/C21H26N6O4/c1-2-31-21(30)18(9-15-5-4-8-23-11-15)27-20(29)13-24-12-19(28)16-6-3-7-17(10-16)25-14-26-22/h3-8,10-11,14,18,24H,2,9,12-13,22H2,1H3,(H,25,26)(H,27,29). The summed E-state index contributed by atoms with van der Waals surface area (Å²) < 4.78 is 5.05. The molecule has 0 aliphatic heterocycles. The van der Waals surface area contributed by atoms with Gasteiger partial charge in [-0.3, -0.25) is 14.6 Å². The number of carbonyl (C=O) groups excluding carboxylic acids is 3. The Morgan fingerprint density at radius 2 is 2.06 bits per heavy atom. The van der Waals surface area contributed by atoms with Crippen LogP contribution in [0.25, 0.3) is 0 Å². The Morgan fingerprint density at radius 3 is 2.77 bits per heavy atom. The number of esters is 1. The fourth-order valence-electron chi connectivity index (χ4n) is 2.72. The van der Waals surface area contributed by atoms with E-state index in [1.54, 1.807) is 49.6 Å². The molecule has 1 aromatic heterocycles.